The van der Waals surface area contributed by atoms with Crippen molar-refractivity contribution in [1.82, 2.24) is 5.32 Å². The summed E-state index contributed by atoms with van der Waals surface area (Å²) in [5, 5.41) is 2.80. The molecule has 15 heavy (non-hydrogen) atoms. The van der Waals surface area contributed by atoms with Crippen LogP contribution < -0.4 is 10.1 Å². The lowest BCUT2D eigenvalue weighted by Crippen LogP contribution is -2.38. The molecular weight excluding hydrogens is 190 g/mol. The maximum atomic E-state index is 11.2. The molecule has 0 aliphatic heterocycles. The fraction of sp³-hybridized carbons (Fsp3) is 0.417. The number of rotatable bonds is 5. The van der Waals surface area contributed by atoms with Crippen molar-refractivity contribution < 1.29 is 9.53 Å². The third kappa shape index (κ3) is 4.02. The van der Waals surface area contributed by atoms with Crippen LogP contribution in [0, 0.1) is 0 Å². The molecule has 0 spiro atoms. The summed E-state index contributed by atoms with van der Waals surface area (Å²) in [6.07, 6.45) is 0.995. The van der Waals surface area contributed by atoms with E-state index in [1.165, 1.54) is 0 Å². The van der Waals surface area contributed by atoms with E-state index in [9.17, 15) is 4.79 Å². The Balaban J connectivity index is 2.50. The molecule has 0 aliphatic rings. The number of ether oxygens (including phenoxy) is 1. The number of carbonyl (C=O) groups is 1. The number of hydrogen-bond donors (Lipinski definition) is 1. The van der Waals surface area contributed by atoms with Crippen LogP contribution in [0.1, 0.15) is 26.7 Å². The summed E-state index contributed by atoms with van der Waals surface area (Å²) in [4.78, 5) is 11.2. The minimum absolute atomic E-state index is 0.0118. The highest BCUT2D eigenvalue weighted by atomic mass is 16.5. The first-order valence-corrected chi connectivity index (χ1v) is 5.27. The molecule has 0 aliphatic carbocycles. The Labute approximate surface area is 90.4 Å². The highest BCUT2D eigenvalue weighted by Crippen LogP contribution is 2.11. The second-order valence-corrected chi connectivity index (χ2v) is 3.25. The summed E-state index contributed by atoms with van der Waals surface area (Å²) in [5.74, 6) is 0.790. The average Bonchev–Trinajstić information content (AvgIpc) is 2.29. The smallest absolute Gasteiger partial charge is 0.222 e. The summed E-state index contributed by atoms with van der Waals surface area (Å²) in [7, 11) is 0. The normalized spacial score (nSPS) is 11.9. The van der Waals surface area contributed by atoms with Crippen molar-refractivity contribution in [1.29, 1.82) is 0 Å². The van der Waals surface area contributed by atoms with Gasteiger partial charge >= 0.3 is 0 Å². The van der Waals surface area contributed by atoms with Crippen LogP contribution in [0.15, 0.2) is 30.3 Å². The molecule has 3 nitrogen and oxygen atoms in total. The largest absolute Gasteiger partial charge is 0.471 e. The second-order valence-electron chi connectivity index (χ2n) is 3.25. The summed E-state index contributed by atoms with van der Waals surface area (Å²) in [5.41, 5.74) is 0. The van der Waals surface area contributed by atoms with Crippen LogP contribution >= 0.6 is 0 Å². The predicted molar refractivity (Wildman–Crippen MR) is 59.6 cm³/mol. The molecule has 0 bridgehead atoms. The van der Waals surface area contributed by atoms with E-state index < -0.39 is 0 Å². The molecular formula is C12H17NO2. The lowest BCUT2D eigenvalue weighted by Gasteiger charge is -2.18. The number of hydrogen-bond acceptors (Lipinski definition) is 2. The van der Waals surface area contributed by atoms with Crippen molar-refractivity contribution in [3.05, 3.63) is 30.3 Å². The quantitative estimate of drug-likeness (QED) is 0.752. The van der Waals surface area contributed by atoms with Gasteiger partial charge in [0.2, 0.25) is 5.91 Å². The van der Waals surface area contributed by atoms with Crippen molar-refractivity contribution in [3.63, 3.8) is 0 Å². The van der Waals surface area contributed by atoms with E-state index in [-0.39, 0.29) is 12.1 Å². The highest BCUT2D eigenvalue weighted by molar-refractivity contribution is 5.75. The Hall–Kier alpha value is -1.51. The van der Waals surface area contributed by atoms with Crippen molar-refractivity contribution in [2.24, 2.45) is 0 Å². The zero-order valence-electron chi connectivity index (χ0n) is 9.19. The van der Waals surface area contributed by atoms with Crippen LogP contribution in [0.4, 0.5) is 0 Å². The lowest BCUT2D eigenvalue weighted by atomic mass is 10.3. The number of nitrogens with one attached hydrogen (secondary N) is 1. The number of benzene rings is 1. The minimum Gasteiger partial charge on any atom is -0.471 e. The molecule has 1 rings (SSSR count). The third-order valence-electron chi connectivity index (χ3n) is 2.04. The van der Waals surface area contributed by atoms with Gasteiger partial charge in [0.15, 0.2) is 6.23 Å². The van der Waals surface area contributed by atoms with E-state index in [0.717, 1.165) is 12.2 Å². The standard InChI is InChI=1S/C12H17NO2/c1-3-11(14)13-12(4-2)15-10-8-6-5-7-9-10/h5-9,12H,3-4H2,1-2H3,(H,13,14). The number of carbonyl (C=O) groups excluding carboxylic acids is 1. The first-order valence-electron chi connectivity index (χ1n) is 5.27. The Morgan fingerprint density at radius 3 is 2.53 bits per heavy atom. The average molecular weight is 207 g/mol. The molecule has 1 N–H and O–H groups in total. The summed E-state index contributed by atoms with van der Waals surface area (Å²) in [6, 6.07) is 9.49. The van der Waals surface area contributed by atoms with Crippen molar-refractivity contribution in [3.8, 4) is 5.75 Å². The van der Waals surface area contributed by atoms with Crippen LogP contribution in [-0.2, 0) is 4.79 Å². The van der Waals surface area contributed by atoms with E-state index in [1.807, 2.05) is 44.2 Å². The zero-order valence-corrected chi connectivity index (χ0v) is 9.19. The van der Waals surface area contributed by atoms with Crippen LogP contribution in [-0.4, -0.2) is 12.1 Å². The van der Waals surface area contributed by atoms with Crippen LogP contribution in [0.2, 0.25) is 0 Å². The summed E-state index contributed by atoms with van der Waals surface area (Å²) in [6.45, 7) is 3.80. The van der Waals surface area contributed by atoms with E-state index in [2.05, 4.69) is 5.32 Å². The Morgan fingerprint density at radius 2 is 2.00 bits per heavy atom. The Bertz CT molecular complexity index is 298. The minimum atomic E-state index is -0.236. The van der Waals surface area contributed by atoms with Crippen LogP contribution in [0.3, 0.4) is 0 Å². The maximum absolute atomic E-state index is 11.2. The van der Waals surface area contributed by atoms with Gasteiger partial charge in [-0.25, -0.2) is 0 Å². The number of para-hydroxylation sites is 1. The van der Waals surface area contributed by atoms with E-state index in [1.54, 1.807) is 0 Å². The molecule has 1 atom stereocenters. The van der Waals surface area contributed by atoms with Crippen molar-refractivity contribution >= 4 is 5.91 Å². The van der Waals surface area contributed by atoms with Crippen LogP contribution in [0.5, 0.6) is 5.75 Å². The molecule has 1 amide bonds. The SMILES string of the molecule is CCC(=O)NC(CC)Oc1ccccc1. The zero-order chi connectivity index (χ0) is 11.1. The molecule has 0 fully saturated rings. The maximum Gasteiger partial charge on any atom is 0.222 e. The van der Waals surface area contributed by atoms with Gasteiger partial charge in [-0.15, -0.1) is 0 Å². The molecule has 0 saturated carbocycles. The Morgan fingerprint density at radius 1 is 1.33 bits per heavy atom. The van der Waals surface area contributed by atoms with Gasteiger partial charge in [-0.05, 0) is 12.1 Å². The second kappa shape index (κ2) is 6.06. The van der Waals surface area contributed by atoms with Gasteiger partial charge in [0.25, 0.3) is 0 Å². The highest BCUT2D eigenvalue weighted by Gasteiger charge is 2.09. The van der Waals surface area contributed by atoms with Gasteiger partial charge in [-0.2, -0.15) is 0 Å². The molecule has 82 valence electrons. The molecule has 1 aromatic carbocycles. The predicted octanol–water partition coefficient (Wildman–Crippen LogP) is 2.33. The van der Waals surface area contributed by atoms with Gasteiger partial charge in [-0.1, -0.05) is 32.0 Å². The van der Waals surface area contributed by atoms with Gasteiger partial charge in [0.1, 0.15) is 5.75 Å². The first kappa shape index (κ1) is 11.6. The molecule has 1 unspecified atom stereocenters. The molecule has 0 saturated heterocycles. The topological polar surface area (TPSA) is 38.3 Å². The lowest BCUT2D eigenvalue weighted by molar-refractivity contribution is -0.123. The third-order valence-corrected chi connectivity index (χ3v) is 2.04. The van der Waals surface area contributed by atoms with Crippen molar-refractivity contribution in [2.75, 3.05) is 0 Å². The van der Waals surface area contributed by atoms with E-state index in [0.29, 0.717) is 6.42 Å². The number of amides is 1. The summed E-state index contributed by atoms with van der Waals surface area (Å²) >= 11 is 0. The monoisotopic (exact) mass is 207 g/mol. The van der Waals surface area contributed by atoms with E-state index >= 15 is 0 Å². The van der Waals surface area contributed by atoms with E-state index in [4.69, 9.17) is 4.74 Å². The van der Waals surface area contributed by atoms with Crippen molar-refractivity contribution in [2.45, 2.75) is 32.9 Å². The molecule has 0 heterocycles. The molecule has 1 aromatic rings. The summed E-state index contributed by atoms with van der Waals surface area (Å²) < 4.78 is 5.60. The molecule has 0 radical (unpaired) electrons. The van der Waals surface area contributed by atoms with Crippen LogP contribution in [0.25, 0.3) is 0 Å². The Kier molecular flexibility index (Phi) is 4.68. The fourth-order valence-corrected chi connectivity index (χ4v) is 1.16. The first-order chi connectivity index (χ1) is 7.26. The van der Waals surface area contributed by atoms with Gasteiger partial charge in [-0.3, -0.25) is 4.79 Å². The van der Waals surface area contributed by atoms with Gasteiger partial charge in [0.05, 0.1) is 0 Å². The molecule has 0 aromatic heterocycles. The van der Waals surface area contributed by atoms with Gasteiger partial charge < -0.3 is 10.1 Å². The molecule has 3 heteroatoms. The van der Waals surface area contributed by atoms with Gasteiger partial charge in [0, 0.05) is 12.8 Å². The fourth-order valence-electron chi connectivity index (χ4n) is 1.16.